The number of aromatic nitrogens is 4. The lowest BCUT2D eigenvalue weighted by molar-refractivity contribution is -0.133. The molecule has 5 rings (SSSR count). The third kappa shape index (κ3) is 6.02. The molecule has 1 aromatic heterocycles. The van der Waals surface area contributed by atoms with E-state index in [-0.39, 0.29) is 29.2 Å². The summed E-state index contributed by atoms with van der Waals surface area (Å²) in [5.74, 6) is 0.188. The SMILES string of the molecule is CCCC(c1ccc(C(=O)Nc2nn[nH]n2)cc1)N1C(=O)C(c2cc(Cl)cc(Cl)c2)=NC12CCC(C(C)(C)C)CC2. The predicted molar refractivity (Wildman–Crippen MR) is 160 cm³/mol. The van der Waals surface area contributed by atoms with Crippen LogP contribution < -0.4 is 5.32 Å². The van der Waals surface area contributed by atoms with Crippen molar-refractivity contribution in [2.75, 3.05) is 5.32 Å². The van der Waals surface area contributed by atoms with Crippen LogP contribution in [0.25, 0.3) is 0 Å². The lowest BCUT2D eigenvalue weighted by Gasteiger charge is -2.47. The standard InChI is InChI=1S/C30H35Cl2N7O2/c1-5-6-24(18-7-9-19(10-8-18)26(40)33-28-35-37-38-36-28)39-27(41)25(20-15-22(31)17-23(32)16-20)34-30(39)13-11-21(12-14-30)29(2,3)4/h7-10,15-17,21,24H,5-6,11-14H2,1-4H3,(H2,33,35,36,37,38,40). The highest BCUT2D eigenvalue weighted by Crippen LogP contribution is 2.50. The first-order valence-corrected chi connectivity index (χ1v) is 14.8. The number of aromatic amines is 1. The lowest BCUT2D eigenvalue weighted by atomic mass is 9.69. The smallest absolute Gasteiger partial charge is 0.275 e. The topological polar surface area (TPSA) is 116 Å². The molecule has 1 atom stereocenters. The molecule has 1 spiro atoms. The Morgan fingerprint density at radius 2 is 1.78 bits per heavy atom. The highest BCUT2D eigenvalue weighted by Gasteiger charge is 2.52. The normalized spacial score (nSPS) is 21.7. The van der Waals surface area contributed by atoms with Crippen molar-refractivity contribution in [3.8, 4) is 0 Å². The minimum atomic E-state index is -0.655. The van der Waals surface area contributed by atoms with Crippen LogP contribution in [0.15, 0.2) is 47.5 Å². The van der Waals surface area contributed by atoms with Gasteiger partial charge in [0.05, 0.1) is 6.04 Å². The number of rotatable bonds is 7. The summed E-state index contributed by atoms with van der Waals surface area (Å²) in [5, 5.41) is 16.9. The molecular weight excluding hydrogens is 561 g/mol. The van der Waals surface area contributed by atoms with E-state index in [9.17, 15) is 9.59 Å². The van der Waals surface area contributed by atoms with Gasteiger partial charge in [0.1, 0.15) is 11.4 Å². The minimum Gasteiger partial charge on any atom is -0.305 e. The van der Waals surface area contributed by atoms with Crippen molar-refractivity contribution < 1.29 is 9.59 Å². The Labute approximate surface area is 250 Å². The van der Waals surface area contributed by atoms with Gasteiger partial charge in [-0.1, -0.05) is 74.5 Å². The highest BCUT2D eigenvalue weighted by molar-refractivity contribution is 6.47. The molecule has 1 aliphatic heterocycles. The van der Waals surface area contributed by atoms with Crippen LogP contribution in [0.4, 0.5) is 5.95 Å². The summed E-state index contributed by atoms with van der Waals surface area (Å²) in [7, 11) is 0. The number of aliphatic imine (C=N–C) groups is 1. The van der Waals surface area contributed by atoms with Gasteiger partial charge in [-0.25, -0.2) is 0 Å². The van der Waals surface area contributed by atoms with Gasteiger partial charge in [0.15, 0.2) is 0 Å². The Hall–Kier alpha value is -3.30. The number of anilines is 1. The fraction of sp³-hybridized carbons (Fsp3) is 0.467. The molecule has 0 saturated heterocycles. The maximum Gasteiger partial charge on any atom is 0.275 e. The Morgan fingerprint density at radius 3 is 2.34 bits per heavy atom. The maximum absolute atomic E-state index is 14.3. The van der Waals surface area contributed by atoms with Crippen LogP contribution in [0.2, 0.25) is 10.0 Å². The van der Waals surface area contributed by atoms with Crippen molar-refractivity contribution in [1.29, 1.82) is 0 Å². The molecule has 1 fully saturated rings. The molecule has 9 nitrogen and oxygen atoms in total. The number of benzene rings is 2. The van der Waals surface area contributed by atoms with Gasteiger partial charge in [0.25, 0.3) is 17.8 Å². The van der Waals surface area contributed by atoms with E-state index in [4.69, 9.17) is 28.2 Å². The van der Waals surface area contributed by atoms with Crippen LogP contribution in [0, 0.1) is 11.3 Å². The lowest BCUT2D eigenvalue weighted by Crippen LogP contribution is -2.51. The van der Waals surface area contributed by atoms with Gasteiger partial charge >= 0.3 is 0 Å². The predicted octanol–water partition coefficient (Wildman–Crippen LogP) is 6.86. The average Bonchev–Trinajstić information content (AvgIpc) is 3.53. The molecule has 2 aromatic carbocycles. The zero-order chi connectivity index (χ0) is 29.4. The van der Waals surface area contributed by atoms with E-state index in [2.05, 4.69) is 53.6 Å². The monoisotopic (exact) mass is 595 g/mol. The molecule has 2 amide bonds. The number of hydrogen-bond donors (Lipinski definition) is 2. The minimum absolute atomic E-state index is 0.101. The third-order valence-electron chi connectivity index (χ3n) is 8.34. The van der Waals surface area contributed by atoms with Crippen LogP contribution in [-0.4, -0.2) is 48.7 Å². The van der Waals surface area contributed by atoms with E-state index in [1.54, 1.807) is 30.3 Å². The van der Waals surface area contributed by atoms with Crippen molar-refractivity contribution in [1.82, 2.24) is 25.5 Å². The van der Waals surface area contributed by atoms with Gasteiger partial charge < -0.3 is 4.90 Å². The third-order valence-corrected chi connectivity index (χ3v) is 8.78. The van der Waals surface area contributed by atoms with Crippen molar-refractivity contribution in [3.05, 3.63) is 69.2 Å². The molecule has 2 heterocycles. The largest absolute Gasteiger partial charge is 0.305 e. The quantitative estimate of drug-likeness (QED) is 0.309. The van der Waals surface area contributed by atoms with Gasteiger partial charge in [-0.15, -0.1) is 5.10 Å². The van der Waals surface area contributed by atoms with Crippen LogP contribution in [0.5, 0.6) is 0 Å². The second-order valence-electron chi connectivity index (χ2n) is 12.0. The van der Waals surface area contributed by atoms with Crippen LogP contribution >= 0.6 is 23.2 Å². The molecule has 3 aromatic rings. The highest BCUT2D eigenvalue weighted by atomic mass is 35.5. The molecule has 1 unspecified atom stereocenters. The fourth-order valence-electron chi connectivity index (χ4n) is 6.19. The molecule has 0 bridgehead atoms. The first kappa shape index (κ1) is 29.2. The van der Waals surface area contributed by atoms with E-state index >= 15 is 0 Å². The summed E-state index contributed by atoms with van der Waals surface area (Å²) < 4.78 is 0. The number of carbonyl (C=O) groups excluding carboxylic acids is 2. The number of H-pyrrole nitrogens is 1. The van der Waals surface area contributed by atoms with Crippen molar-refractivity contribution >= 4 is 46.7 Å². The van der Waals surface area contributed by atoms with Gasteiger partial charge in [-0.05, 0) is 84.5 Å². The number of nitrogens with zero attached hydrogens (tertiary/aromatic N) is 5. The molecule has 1 saturated carbocycles. The summed E-state index contributed by atoms with van der Waals surface area (Å²) in [6.07, 6.45) is 5.15. The van der Waals surface area contributed by atoms with Gasteiger partial charge in [-0.3, -0.25) is 19.9 Å². The van der Waals surface area contributed by atoms with Crippen LogP contribution in [-0.2, 0) is 4.79 Å². The van der Waals surface area contributed by atoms with Gasteiger partial charge in [0, 0.05) is 21.2 Å². The van der Waals surface area contributed by atoms with Crippen LogP contribution in [0.3, 0.4) is 0 Å². The van der Waals surface area contributed by atoms with Crippen molar-refractivity contribution in [2.45, 2.75) is 77.9 Å². The summed E-state index contributed by atoms with van der Waals surface area (Å²) in [6, 6.07) is 12.3. The fourth-order valence-corrected chi connectivity index (χ4v) is 6.71. The summed E-state index contributed by atoms with van der Waals surface area (Å²) in [4.78, 5) is 34.3. The molecule has 41 heavy (non-hydrogen) atoms. The number of halogens is 2. The van der Waals surface area contributed by atoms with Crippen molar-refractivity contribution in [2.24, 2.45) is 16.3 Å². The Bertz CT molecular complexity index is 1420. The molecule has 2 aliphatic rings. The Balaban J connectivity index is 1.50. The van der Waals surface area contributed by atoms with E-state index in [1.165, 1.54) is 0 Å². The van der Waals surface area contributed by atoms with Gasteiger partial charge in [0.2, 0.25) is 0 Å². The first-order chi connectivity index (χ1) is 19.5. The summed E-state index contributed by atoms with van der Waals surface area (Å²) in [5.41, 5.74) is 1.97. The molecule has 2 N–H and O–H groups in total. The Kier molecular flexibility index (Phi) is 8.21. The molecule has 216 valence electrons. The van der Waals surface area contributed by atoms with Gasteiger partial charge in [-0.2, -0.15) is 5.21 Å². The molecule has 1 aliphatic carbocycles. The molecule has 0 radical (unpaired) electrons. The second kappa shape index (κ2) is 11.5. The summed E-state index contributed by atoms with van der Waals surface area (Å²) in [6.45, 7) is 8.96. The van der Waals surface area contributed by atoms with Crippen LogP contribution in [0.1, 0.15) is 93.7 Å². The average molecular weight is 597 g/mol. The zero-order valence-corrected chi connectivity index (χ0v) is 25.3. The van der Waals surface area contributed by atoms with Crippen molar-refractivity contribution in [3.63, 3.8) is 0 Å². The number of tetrazole rings is 1. The maximum atomic E-state index is 14.3. The number of nitrogens with one attached hydrogen (secondary N) is 2. The molecular formula is C30H35Cl2N7O2. The number of amides is 2. The first-order valence-electron chi connectivity index (χ1n) is 14.1. The van der Waals surface area contributed by atoms with E-state index in [0.717, 1.165) is 44.1 Å². The summed E-state index contributed by atoms with van der Waals surface area (Å²) >= 11 is 12.7. The zero-order valence-electron chi connectivity index (χ0n) is 23.7. The number of hydrogen-bond acceptors (Lipinski definition) is 6. The second-order valence-corrected chi connectivity index (χ2v) is 12.9. The molecule has 11 heteroatoms. The van der Waals surface area contributed by atoms with E-state index < -0.39 is 5.66 Å². The Morgan fingerprint density at radius 1 is 1.12 bits per heavy atom. The van der Waals surface area contributed by atoms with E-state index in [1.807, 2.05) is 17.0 Å². The van der Waals surface area contributed by atoms with E-state index in [0.29, 0.717) is 32.8 Å². The number of carbonyl (C=O) groups is 2.